The second kappa shape index (κ2) is 5.07. The number of hydrogen-bond acceptors (Lipinski definition) is 3. The first kappa shape index (κ1) is 10.4. The highest BCUT2D eigenvalue weighted by Crippen LogP contribution is 2.06. The minimum absolute atomic E-state index is 0.277. The molecule has 2 N–H and O–H groups in total. The highest BCUT2D eigenvalue weighted by Gasteiger charge is 2.24. The molecule has 0 heterocycles. The molecular weight excluding hydrogens is 144 g/mol. The SMILES string of the molecule is CCCC(N)C(CC)[N+](=O)[O-]. The molecule has 2 unspecified atom stereocenters. The lowest BCUT2D eigenvalue weighted by Crippen LogP contribution is -2.39. The lowest BCUT2D eigenvalue weighted by molar-refractivity contribution is -0.526. The fraction of sp³-hybridized carbons (Fsp3) is 1.00. The third kappa shape index (κ3) is 3.32. The van der Waals surface area contributed by atoms with Gasteiger partial charge in [-0.25, -0.2) is 0 Å². The Hall–Kier alpha value is -0.640. The van der Waals surface area contributed by atoms with Gasteiger partial charge < -0.3 is 5.73 Å². The molecule has 0 aliphatic carbocycles. The summed E-state index contributed by atoms with van der Waals surface area (Å²) < 4.78 is 0. The molecule has 0 radical (unpaired) electrons. The van der Waals surface area contributed by atoms with E-state index in [0.29, 0.717) is 6.42 Å². The summed E-state index contributed by atoms with van der Waals surface area (Å²) >= 11 is 0. The van der Waals surface area contributed by atoms with Gasteiger partial charge in [0.05, 0.1) is 6.04 Å². The van der Waals surface area contributed by atoms with E-state index in [2.05, 4.69) is 0 Å². The molecule has 0 amide bonds. The number of nitrogens with zero attached hydrogens (tertiary/aromatic N) is 1. The predicted molar refractivity (Wildman–Crippen MR) is 44.0 cm³/mol. The van der Waals surface area contributed by atoms with Crippen LogP contribution in [0.2, 0.25) is 0 Å². The Bertz CT molecular complexity index is 128. The minimum atomic E-state index is -0.560. The third-order valence-electron chi connectivity index (χ3n) is 1.81. The monoisotopic (exact) mass is 160 g/mol. The van der Waals surface area contributed by atoms with E-state index in [9.17, 15) is 10.1 Å². The largest absolute Gasteiger partial charge is 0.322 e. The summed E-state index contributed by atoms with van der Waals surface area (Å²) in [5, 5.41) is 10.4. The number of rotatable bonds is 5. The van der Waals surface area contributed by atoms with Gasteiger partial charge in [-0.2, -0.15) is 0 Å². The van der Waals surface area contributed by atoms with E-state index in [1.54, 1.807) is 6.92 Å². The summed E-state index contributed by atoms with van der Waals surface area (Å²) in [5.74, 6) is 0. The van der Waals surface area contributed by atoms with Crippen LogP contribution < -0.4 is 5.73 Å². The molecule has 0 aromatic rings. The molecule has 4 heteroatoms. The lowest BCUT2D eigenvalue weighted by atomic mass is 10.0. The van der Waals surface area contributed by atoms with Crippen molar-refractivity contribution < 1.29 is 4.92 Å². The van der Waals surface area contributed by atoms with Crippen LogP contribution in [-0.4, -0.2) is 17.0 Å². The maximum atomic E-state index is 10.4. The van der Waals surface area contributed by atoms with Crippen LogP contribution in [0.3, 0.4) is 0 Å². The summed E-state index contributed by atoms with van der Waals surface area (Å²) in [4.78, 5) is 10.1. The molecule has 0 aliphatic heterocycles. The molecule has 0 bridgehead atoms. The molecule has 0 saturated carbocycles. The van der Waals surface area contributed by atoms with Gasteiger partial charge in [0.25, 0.3) is 0 Å². The maximum Gasteiger partial charge on any atom is 0.227 e. The zero-order valence-corrected chi connectivity index (χ0v) is 7.12. The second-order valence-electron chi connectivity index (χ2n) is 2.71. The topological polar surface area (TPSA) is 69.2 Å². The van der Waals surface area contributed by atoms with Crippen molar-refractivity contribution >= 4 is 0 Å². The van der Waals surface area contributed by atoms with Gasteiger partial charge in [-0.1, -0.05) is 20.3 Å². The summed E-state index contributed by atoms with van der Waals surface area (Å²) in [6.45, 7) is 3.77. The van der Waals surface area contributed by atoms with Crippen molar-refractivity contribution in [2.75, 3.05) is 0 Å². The smallest absolute Gasteiger partial charge is 0.227 e. The number of nitrogens with two attached hydrogens (primary N) is 1. The predicted octanol–water partition coefficient (Wildman–Crippen LogP) is 1.17. The van der Waals surface area contributed by atoms with E-state index in [1.165, 1.54) is 0 Å². The molecule has 0 saturated heterocycles. The third-order valence-corrected chi connectivity index (χ3v) is 1.81. The Morgan fingerprint density at radius 1 is 1.55 bits per heavy atom. The first-order valence-electron chi connectivity index (χ1n) is 4.02. The highest BCUT2D eigenvalue weighted by molar-refractivity contribution is 4.70. The standard InChI is InChI=1S/C7H16N2O2/c1-3-5-6(8)7(4-2)9(10)11/h6-7H,3-5,8H2,1-2H3. The zero-order chi connectivity index (χ0) is 8.85. The van der Waals surface area contributed by atoms with Gasteiger partial charge >= 0.3 is 0 Å². The lowest BCUT2D eigenvalue weighted by Gasteiger charge is -2.13. The summed E-state index contributed by atoms with van der Waals surface area (Å²) in [7, 11) is 0. The van der Waals surface area contributed by atoms with Crippen molar-refractivity contribution in [2.45, 2.75) is 45.2 Å². The molecule has 0 aromatic heterocycles. The van der Waals surface area contributed by atoms with Gasteiger partial charge in [-0.3, -0.25) is 10.1 Å². The Balaban J connectivity index is 3.91. The second-order valence-corrected chi connectivity index (χ2v) is 2.71. The first-order chi connectivity index (χ1) is 5.13. The van der Waals surface area contributed by atoms with Crippen molar-refractivity contribution in [3.05, 3.63) is 10.1 Å². The van der Waals surface area contributed by atoms with Crippen molar-refractivity contribution in [1.29, 1.82) is 0 Å². The van der Waals surface area contributed by atoms with Crippen LogP contribution in [0.5, 0.6) is 0 Å². The fourth-order valence-corrected chi connectivity index (χ4v) is 1.13. The van der Waals surface area contributed by atoms with Crippen LogP contribution >= 0.6 is 0 Å². The summed E-state index contributed by atoms with van der Waals surface area (Å²) in [6.07, 6.45) is 2.17. The van der Waals surface area contributed by atoms with Crippen LogP contribution in [-0.2, 0) is 0 Å². The molecule has 4 nitrogen and oxygen atoms in total. The van der Waals surface area contributed by atoms with Crippen LogP contribution in [0.25, 0.3) is 0 Å². The van der Waals surface area contributed by atoms with Crippen molar-refractivity contribution in [1.82, 2.24) is 0 Å². The Kier molecular flexibility index (Phi) is 4.77. The van der Waals surface area contributed by atoms with Gasteiger partial charge in [-0.05, 0) is 6.42 Å². The van der Waals surface area contributed by atoms with Gasteiger partial charge in [0.1, 0.15) is 0 Å². The van der Waals surface area contributed by atoms with Crippen molar-refractivity contribution in [3.63, 3.8) is 0 Å². The number of nitro groups is 1. The van der Waals surface area contributed by atoms with Gasteiger partial charge in [0.15, 0.2) is 0 Å². The molecule has 2 atom stereocenters. The normalized spacial score (nSPS) is 15.9. The molecule has 66 valence electrons. The molecule has 0 fully saturated rings. The molecule has 0 aliphatic rings. The van der Waals surface area contributed by atoms with Gasteiger partial charge in [-0.15, -0.1) is 0 Å². The van der Waals surface area contributed by atoms with E-state index >= 15 is 0 Å². The molecule has 11 heavy (non-hydrogen) atoms. The Morgan fingerprint density at radius 3 is 2.36 bits per heavy atom. The van der Waals surface area contributed by atoms with E-state index in [-0.39, 0.29) is 11.0 Å². The zero-order valence-electron chi connectivity index (χ0n) is 7.12. The summed E-state index contributed by atoms with van der Waals surface area (Å²) in [6, 6.07) is -0.838. The van der Waals surface area contributed by atoms with Crippen molar-refractivity contribution in [2.24, 2.45) is 5.73 Å². The van der Waals surface area contributed by atoms with Gasteiger partial charge in [0.2, 0.25) is 6.04 Å². The van der Waals surface area contributed by atoms with E-state index in [4.69, 9.17) is 5.73 Å². The molecular formula is C7H16N2O2. The molecule has 0 spiro atoms. The highest BCUT2D eigenvalue weighted by atomic mass is 16.6. The summed E-state index contributed by atoms with van der Waals surface area (Å²) in [5.41, 5.74) is 5.60. The van der Waals surface area contributed by atoms with Crippen molar-refractivity contribution in [3.8, 4) is 0 Å². The minimum Gasteiger partial charge on any atom is -0.322 e. The average molecular weight is 160 g/mol. The average Bonchev–Trinajstić information content (AvgIpc) is 1.88. The van der Waals surface area contributed by atoms with Crippen LogP contribution in [0, 0.1) is 10.1 Å². The van der Waals surface area contributed by atoms with Crippen LogP contribution in [0.15, 0.2) is 0 Å². The van der Waals surface area contributed by atoms with Crippen LogP contribution in [0.1, 0.15) is 33.1 Å². The van der Waals surface area contributed by atoms with E-state index < -0.39 is 6.04 Å². The fourth-order valence-electron chi connectivity index (χ4n) is 1.13. The number of hydrogen-bond donors (Lipinski definition) is 1. The van der Waals surface area contributed by atoms with Crippen LogP contribution in [0.4, 0.5) is 0 Å². The molecule has 0 rings (SSSR count). The first-order valence-corrected chi connectivity index (χ1v) is 4.02. The Morgan fingerprint density at radius 2 is 2.09 bits per heavy atom. The maximum absolute atomic E-state index is 10.4. The van der Waals surface area contributed by atoms with Gasteiger partial charge in [0, 0.05) is 11.3 Å². The Labute approximate surface area is 66.9 Å². The quantitative estimate of drug-likeness (QED) is 0.484. The van der Waals surface area contributed by atoms with E-state index in [1.807, 2.05) is 6.92 Å². The molecule has 0 aromatic carbocycles. The van der Waals surface area contributed by atoms with E-state index in [0.717, 1.165) is 12.8 Å².